The number of hydrogen-bond acceptors (Lipinski definition) is 4. The molecule has 0 bridgehead atoms. The van der Waals surface area contributed by atoms with E-state index in [1.807, 2.05) is 6.92 Å². The summed E-state index contributed by atoms with van der Waals surface area (Å²) in [7, 11) is 0. The van der Waals surface area contributed by atoms with E-state index in [1.54, 1.807) is 42.5 Å². The molecule has 2 aromatic rings. The SMILES string of the molecule is Cc1cc(O)ccc1N.Nc1ccc(O)cc1. The van der Waals surface area contributed by atoms with Crippen LogP contribution >= 0.6 is 0 Å². The standard InChI is InChI=1S/C7H9NO.C6H7NO/c1-5-4-6(9)2-3-7(5)8;7-5-1-3-6(8)4-2-5/h2-4,9H,8H2,1H3;1-4,8H,7H2. The highest BCUT2D eigenvalue weighted by molar-refractivity contribution is 5.49. The lowest BCUT2D eigenvalue weighted by molar-refractivity contribution is 0.474. The van der Waals surface area contributed by atoms with Crippen molar-refractivity contribution < 1.29 is 10.2 Å². The fraction of sp³-hybridized carbons (Fsp3) is 0.0769. The summed E-state index contributed by atoms with van der Waals surface area (Å²) >= 11 is 0. The van der Waals surface area contributed by atoms with Crippen molar-refractivity contribution in [3.05, 3.63) is 48.0 Å². The number of nitrogens with two attached hydrogens (primary N) is 2. The third-order valence-corrected chi connectivity index (χ3v) is 2.15. The third kappa shape index (κ3) is 4.34. The number of anilines is 2. The van der Waals surface area contributed by atoms with E-state index in [2.05, 4.69) is 0 Å². The minimum absolute atomic E-state index is 0.249. The minimum Gasteiger partial charge on any atom is -0.508 e. The van der Waals surface area contributed by atoms with Gasteiger partial charge in [-0.3, -0.25) is 0 Å². The molecule has 0 aliphatic heterocycles. The molecule has 0 aromatic heterocycles. The second-order valence-corrected chi connectivity index (χ2v) is 3.63. The number of aryl methyl sites for hydroxylation is 1. The normalized spacial score (nSPS) is 9.24. The van der Waals surface area contributed by atoms with Gasteiger partial charge in [-0.25, -0.2) is 0 Å². The second kappa shape index (κ2) is 5.65. The van der Waals surface area contributed by atoms with Crippen LogP contribution in [0.15, 0.2) is 42.5 Å². The van der Waals surface area contributed by atoms with Gasteiger partial charge in [-0.1, -0.05) is 0 Å². The third-order valence-electron chi connectivity index (χ3n) is 2.15. The molecular formula is C13H16N2O2. The van der Waals surface area contributed by atoms with Gasteiger partial charge in [0.25, 0.3) is 0 Å². The van der Waals surface area contributed by atoms with Gasteiger partial charge in [0.2, 0.25) is 0 Å². The average Bonchev–Trinajstić information content (AvgIpc) is 2.29. The summed E-state index contributed by atoms with van der Waals surface area (Å²) in [5, 5.41) is 17.6. The highest BCUT2D eigenvalue weighted by atomic mass is 16.3. The van der Waals surface area contributed by atoms with Gasteiger partial charge >= 0.3 is 0 Å². The van der Waals surface area contributed by atoms with Gasteiger partial charge < -0.3 is 21.7 Å². The highest BCUT2D eigenvalue weighted by Crippen LogP contribution is 2.16. The number of aromatic hydroxyl groups is 2. The molecule has 0 saturated heterocycles. The Bertz CT molecular complexity index is 460. The predicted molar refractivity (Wildman–Crippen MR) is 69.8 cm³/mol. The maximum Gasteiger partial charge on any atom is 0.115 e. The van der Waals surface area contributed by atoms with E-state index in [-0.39, 0.29) is 11.5 Å². The number of phenolic OH excluding ortho intramolecular Hbond substituents is 2. The molecule has 0 aliphatic rings. The molecule has 0 atom stereocenters. The molecule has 6 N–H and O–H groups in total. The Labute approximate surface area is 100 Å². The number of hydrogen-bond donors (Lipinski definition) is 4. The van der Waals surface area contributed by atoms with Gasteiger partial charge in [-0.2, -0.15) is 0 Å². The van der Waals surface area contributed by atoms with Gasteiger partial charge in [-0.15, -0.1) is 0 Å². The van der Waals surface area contributed by atoms with Crippen molar-refractivity contribution in [3.63, 3.8) is 0 Å². The van der Waals surface area contributed by atoms with E-state index >= 15 is 0 Å². The van der Waals surface area contributed by atoms with E-state index < -0.39 is 0 Å². The smallest absolute Gasteiger partial charge is 0.115 e. The zero-order chi connectivity index (χ0) is 12.8. The fourth-order valence-corrected chi connectivity index (χ4v) is 1.13. The molecule has 0 aliphatic carbocycles. The van der Waals surface area contributed by atoms with Crippen molar-refractivity contribution >= 4 is 11.4 Å². The molecule has 17 heavy (non-hydrogen) atoms. The zero-order valence-corrected chi connectivity index (χ0v) is 9.59. The monoisotopic (exact) mass is 232 g/mol. The summed E-state index contributed by atoms with van der Waals surface area (Å²) in [6.45, 7) is 1.86. The van der Waals surface area contributed by atoms with Crippen LogP contribution < -0.4 is 11.5 Å². The molecule has 4 heteroatoms. The molecule has 0 spiro atoms. The molecule has 0 saturated carbocycles. The van der Waals surface area contributed by atoms with Crippen molar-refractivity contribution in [1.82, 2.24) is 0 Å². The summed E-state index contributed by atoms with van der Waals surface area (Å²) in [4.78, 5) is 0. The summed E-state index contributed by atoms with van der Waals surface area (Å²) in [5.41, 5.74) is 13.1. The quantitative estimate of drug-likeness (QED) is 0.414. The van der Waals surface area contributed by atoms with Crippen LogP contribution in [0.3, 0.4) is 0 Å². The molecule has 2 aromatic carbocycles. The van der Waals surface area contributed by atoms with Crippen molar-refractivity contribution in [1.29, 1.82) is 0 Å². The Morgan fingerprint density at radius 1 is 0.824 bits per heavy atom. The van der Waals surface area contributed by atoms with E-state index in [4.69, 9.17) is 21.7 Å². The average molecular weight is 232 g/mol. The highest BCUT2D eigenvalue weighted by Gasteiger charge is 1.91. The molecule has 0 amide bonds. The van der Waals surface area contributed by atoms with Crippen molar-refractivity contribution in [2.75, 3.05) is 11.5 Å². The lowest BCUT2D eigenvalue weighted by Gasteiger charge is -1.97. The molecule has 0 fully saturated rings. The minimum atomic E-state index is 0.249. The number of rotatable bonds is 0. The first-order valence-electron chi connectivity index (χ1n) is 5.08. The van der Waals surface area contributed by atoms with Crippen LogP contribution in [0.5, 0.6) is 11.5 Å². The van der Waals surface area contributed by atoms with Crippen LogP contribution in [-0.4, -0.2) is 10.2 Å². The van der Waals surface area contributed by atoms with Gasteiger partial charge in [0, 0.05) is 11.4 Å². The lowest BCUT2D eigenvalue weighted by atomic mass is 10.2. The Morgan fingerprint density at radius 3 is 1.76 bits per heavy atom. The van der Waals surface area contributed by atoms with Gasteiger partial charge in [-0.05, 0) is 55.0 Å². The maximum atomic E-state index is 8.88. The molecular weight excluding hydrogens is 216 g/mol. The van der Waals surface area contributed by atoms with Crippen LogP contribution in [-0.2, 0) is 0 Å². The first-order chi connectivity index (χ1) is 7.99. The summed E-state index contributed by atoms with van der Waals surface area (Å²) in [6, 6.07) is 11.3. The van der Waals surface area contributed by atoms with Crippen LogP contribution in [0.1, 0.15) is 5.56 Å². The van der Waals surface area contributed by atoms with Gasteiger partial charge in [0.05, 0.1) is 0 Å². The summed E-state index contributed by atoms with van der Waals surface area (Å²) in [6.07, 6.45) is 0. The number of phenols is 2. The zero-order valence-electron chi connectivity index (χ0n) is 9.59. The van der Waals surface area contributed by atoms with E-state index in [9.17, 15) is 0 Å². The predicted octanol–water partition coefficient (Wildman–Crippen LogP) is 2.26. The number of nitrogen functional groups attached to an aromatic ring is 2. The van der Waals surface area contributed by atoms with Crippen molar-refractivity contribution in [2.45, 2.75) is 6.92 Å². The van der Waals surface area contributed by atoms with E-state index in [0.717, 1.165) is 5.56 Å². The largest absolute Gasteiger partial charge is 0.508 e. The molecule has 0 radical (unpaired) electrons. The van der Waals surface area contributed by atoms with Crippen LogP contribution in [0.2, 0.25) is 0 Å². The Hall–Kier alpha value is -2.36. The van der Waals surface area contributed by atoms with Crippen LogP contribution in [0.25, 0.3) is 0 Å². The maximum absolute atomic E-state index is 8.88. The second-order valence-electron chi connectivity index (χ2n) is 3.63. The molecule has 2 rings (SSSR count). The summed E-state index contributed by atoms with van der Waals surface area (Å²) in [5.74, 6) is 0.515. The fourth-order valence-electron chi connectivity index (χ4n) is 1.13. The van der Waals surface area contributed by atoms with E-state index in [0.29, 0.717) is 11.4 Å². The summed E-state index contributed by atoms with van der Waals surface area (Å²) < 4.78 is 0. The Morgan fingerprint density at radius 2 is 1.35 bits per heavy atom. The van der Waals surface area contributed by atoms with Gasteiger partial charge in [0.1, 0.15) is 11.5 Å². The lowest BCUT2D eigenvalue weighted by Crippen LogP contribution is -1.86. The molecule has 90 valence electrons. The molecule has 4 nitrogen and oxygen atoms in total. The Kier molecular flexibility index (Phi) is 4.22. The molecule has 0 heterocycles. The van der Waals surface area contributed by atoms with Gasteiger partial charge in [0.15, 0.2) is 0 Å². The van der Waals surface area contributed by atoms with Crippen molar-refractivity contribution in [3.8, 4) is 11.5 Å². The molecule has 0 unspecified atom stereocenters. The van der Waals surface area contributed by atoms with Crippen molar-refractivity contribution in [2.24, 2.45) is 0 Å². The topological polar surface area (TPSA) is 92.5 Å². The first-order valence-corrected chi connectivity index (χ1v) is 5.08. The Balaban J connectivity index is 0.000000171. The van der Waals surface area contributed by atoms with Crippen LogP contribution in [0, 0.1) is 6.92 Å². The van der Waals surface area contributed by atoms with E-state index in [1.165, 1.54) is 0 Å². The first kappa shape index (κ1) is 12.7. The van der Waals surface area contributed by atoms with Crippen LogP contribution in [0.4, 0.5) is 11.4 Å². The number of benzene rings is 2.